The van der Waals surface area contributed by atoms with E-state index in [2.05, 4.69) is 21.5 Å². The van der Waals surface area contributed by atoms with Gasteiger partial charge in [0.2, 0.25) is 0 Å². The summed E-state index contributed by atoms with van der Waals surface area (Å²) in [5, 5.41) is 0.378. The number of pyridine rings is 1. The summed E-state index contributed by atoms with van der Waals surface area (Å²) in [6, 6.07) is 3.49. The molecular weight excluding hydrogens is 288 g/mol. The second-order valence-electron chi connectivity index (χ2n) is 5.18. The molecule has 0 unspecified atom stereocenters. The van der Waals surface area contributed by atoms with Gasteiger partial charge in [0.15, 0.2) is 0 Å². The zero-order valence-corrected chi connectivity index (χ0v) is 12.7. The number of amides is 1. The fraction of sp³-hybridized carbons (Fsp3) is 0.400. The Bertz CT molecular complexity index is 667. The van der Waals surface area contributed by atoms with E-state index in [0.29, 0.717) is 23.8 Å². The Labute approximate surface area is 128 Å². The van der Waals surface area contributed by atoms with E-state index in [-0.39, 0.29) is 5.91 Å². The van der Waals surface area contributed by atoms with Gasteiger partial charge in [-0.1, -0.05) is 24.9 Å². The normalized spacial score (nSPS) is 14.1. The lowest BCUT2D eigenvalue weighted by Gasteiger charge is -2.27. The molecule has 1 amide bonds. The number of imidazole rings is 1. The van der Waals surface area contributed by atoms with Gasteiger partial charge in [-0.15, -0.1) is 0 Å². The molecule has 0 atom stereocenters. The van der Waals surface area contributed by atoms with Crippen LogP contribution in [0.3, 0.4) is 0 Å². The summed E-state index contributed by atoms with van der Waals surface area (Å²) in [4.78, 5) is 23.0. The third kappa shape index (κ3) is 2.93. The Morgan fingerprint density at radius 2 is 2.24 bits per heavy atom. The van der Waals surface area contributed by atoms with Gasteiger partial charge in [0.25, 0.3) is 5.91 Å². The van der Waals surface area contributed by atoms with E-state index in [1.807, 2.05) is 17.2 Å². The van der Waals surface area contributed by atoms with Gasteiger partial charge in [-0.2, -0.15) is 0 Å². The number of carbonyl (C=O) groups excluding carboxylic acids is 1. The number of halogens is 1. The molecule has 0 saturated carbocycles. The monoisotopic (exact) mass is 304 g/mol. The van der Waals surface area contributed by atoms with Crippen LogP contribution in [0, 0.1) is 0 Å². The van der Waals surface area contributed by atoms with Gasteiger partial charge in [-0.25, -0.2) is 9.97 Å². The summed E-state index contributed by atoms with van der Waals surface area (Å²) in [7, 11) is 0. The second kappa shape index (κ2) is 5.85. The highest BCUT2D eigenvalue weighted by Crippen LogP contribution is 2.17. The molecule has 0 fully saturated rings. The highest BCUT2D eigenvalue weighted by Gasteiger charge is 2.22. The van der Waals surface area contributed by atoms with Crippen molar-refractivity contribution in [3.8, 4) is 0 Å². The molecule has 2 aromatic heterocycles. The molecule has 5 nitrogen and oxygen atoms in total. The van der Waals surface area contributed by atoms with Gasteiger partial charge >= 0.3 is 0 Å². The standard InChI is InChI=1S/C15H17ClN4O/c1-2-3-12-8-11(9-13(16)18-12)15(21)20-7-6-19-5-4-17-14(19)10-20/h4-5,8-9H,2-3,6-7,10H2,1H3. The predicted octanol–water partition coefficient (Wildman–Crippen LogP) is 2.54. The minimum absolute atomic E-state index is 0.00842. The Morgan fingerprint density at radius 1 is 1.38 bits per heavy atom. The van der Waals surface area contributed by atoms with E-state index >= 15 is 0 Å². The molecule has 0 N–H and O–H groups in total. The van der Waals surface area contributed by atoms with Crippen molar-refractivity contribution in [2.45, 2.75) is 32.9 Å². The van der Waals surface area contributed by atoms with Gasteiger partial charge in [0.05, 0.1) is 6.54 Å². The maximum absolute atomic E-state index is 12.6. The molecule has 3 heterocycles. The van der Waals surface area contributed by atoms with Crippen LogP contribution in [0.25, 0.3) is 0 Å². The third-order valence-corrected chi connectivity index (χ3v) is 3.83. The fourth-order valence-corrected chi connectivity index (χ4v) is 2.81. The van der Waals surface area contributed by atoms with E-state index in [1.165, 1.54) is 0 Å². The van der Waals surface area contributed by atoms with Crippen molar-refractivity contribution in [1.82, 2.24) is 19.4 Å². The average molecular weight is 305 g/mol. The van der Waals surface area contributed by atoms with E-state index < -0.39 is 0 Å². The number of aromatic nitrogens is 3. The van der Waals surface area contributed by atoms with Crippen molar-refractivity contribution in [1.29, 1.82) is 0 Å². The smallest absolute Gasteiger partial charge is 0.254 e. The molecule has 21 heavy (non-hydrogen) atoms. The molecule has 0 bridgehead atoms. The average Bonchev–Trinajstić information content (AvgIpc) is 2.93. The van der Waals surface area contributed by atoms with Crippen LogP contribution >= 0.6 is 11.6 Å². The van der Waals surface area contributed by atoms with Crippen LogP contribution in [0.2, 0.25) is 5.15 Å². The summed E-state index contributed by atoms with van der Waals surface area (Å²) >= 11 is 6.03. The van der Waals surface area contributed by atoms with Gasteiger partial charge in [0.1, 0.15) is 11.0 Å². The molecule has 3 rings (SSSR count). The van der Waals surface area contributed by atoms with Crippen LogP contribution in [-0.2, 0) is 19.5 Å². The highest BCUT2D eigenvalue weighted by atomic mass is 35.5. The lowest BCUT2D eigenvalue weighted by atomic mass is 10.1. The van der Waals surface area contributed by atoms with E-state index in [4.69, 9.17) is 11.6 Å². The van der Waals surface area contributed by atoms with Crippen molar-refractivity contribution in [3.05, 3.63) is 46.8 Å². The SMILES string of the molecule is CCCc1cc(C(=O)N2CCn3ccnc3C2)cc(Cl)n1. The Kier molecular flexibility index (Phi) is 3.92. The van der Waals surface area contributed by atoms with Crippen molar-refractivity contribution < 1.29 is 4.79 Å². The van der Waals surface area contributed by atoms with Gasteiger partial charge in [-0.05, 0) is 18.6 Å². The summed E-state index contributed by atoms with van der Waals surface area (Å²) in [5.74, 6) is 0.912. The first-order chi connectivity index (χ1) is 10.2. The van der Waals surface area contributed by atoms with E-state index in [1.54, 1.807) is 12.3 Å². The van der Waals surface area contributed by atoms with Crippen LogP contribution in [-0.4, -0.2) is 31.9 Å². The summed E-state index contributed by atoms with van der Waals surface area (Å²) in [5.41, 5.74) is 1.48. The number of hydrogen-bond acceptors (Lipinski definition) is 3. The number of nitrogens with zero attached hydrogens (tertiary/aromatic N) is 4. The number of aryl methyl sites for hydroxylation is 1. The molecule has 0 saturated heterocycles. The van der Waals surface area contributed by atoms with Crippen molar-refractivity contribution >= 4 is 17.5 Å². The van der Waals surface area contributed by atoms with E-state index in [0.717, 1.165) is 30.9 Å². The summed E-state index contributed by atoms with van der Waals surface area (Å²) in [6.07, 6.45) is 5.51. The highest BCUT2D eigenvalue weighted by molar-refractivity contribution is 6.29. The molecule has 1 aliphatic rings. The minimum Gasteiger partial charge on any atom is -0.332 e. The molecule has 0 spiro atoms. The Morgan fingerprint density at radius 3 is 3.05 bits per heavy atom. The van der Waals surface area contributed by atoms with E-state index in [9.17, 15) is 4.79 Å². The van der Waals surface area contributed by atoms with Gasteiger partial charge < -0.3 is 9.47 Å². The maximum Gasteiger partial charge on any atom is 0.254 e. The first kappa shape index (κ1) is 14.1. The molecule has 0 radical (unpaired) electrons. The molecule has 0 aliphatic carbocycles. The molecular formula is C15H17ClN4O. The van der Waals surface area contributed by atoms with Crippen LogP contribution in [0.4, 0.5) is 0 Å². The molecule has 110 valence electrons. The largest absolute Gasteiger partial charge is 0.332 e. The number of rotatable bonds is 3. The molecule has 6 heteroatoms. The van der Waals surface area contributed by atoms with Crippen LogP contribution in [0.15, 0.2) is 24.5 Å². The third-order valence-electron chi connectivity index (χ3n) is 3.63. The first-order valence-corrected chi connectivity index (χ1v) is 7.51. The van der Waals surface area contributed by atoms with Crippen LogP contribution in [0.1, 0.15) is 35.2 Å². The van der Waals surface area contributed by atoms with Crippen LogP contribution < -0.4 is 0 Å². The lowest BCUT2D eigenvalue weighted by molar-refractivity contribution is 0.0707. The second-order valence-corrected chi connectivity index (χ2v) is 5.57. The summed E-state index contributed by atoms with van der Waals surface area (Å²) < 4.78 is 2.08. The maximum atomic E-state index is 12.6. The van der Waals surface area contributed by atoms with Gasteiger partial charge in [-0.3, -0.25) is 4.79 Å². The zero-order chi connectivity index (χ0) is 14.8. The minimum atomic E-state index is -0.00842. The lowest BCUT2D eigenvalue weighted by Crippen LogP contribution is -2.38. The fourth-order valence-electron chi connectivity index (χ4n) is 2.59. The zero-order valence-electron chi connectivity index (χ0n) is 11.9. The molecule has 0 aromatic carbocycles. The Balaban J connectivity index is 1.82. The first-order valence-electron chi connectivity index (χ1n) is 7.13. The number of fused-ring (bicyclic) bond motifs is 1. The van der Waals surface area contributed by atoms with Crippen molar-refractivity contribution in [2.24, 2.45) is 0 Å². The molecule has 2 aromatic rings. The number of hydrogen-bond donors (Lipinski definition) is 0. The quantitative estimate of drug-likeness (QED) is 0.819. The number of carbonyl (C=O) groups is 1. The van der Waals surface area contributed by atoms with Crippen molar-refractivity contribution in [3.63, 3.8) is 0 Å². The molecule has 1 aliphatic heterocycles. The van der Waals surface area contributed by atoms with Gasteiger partial charge in [0, 0.05) is 36.7 Å². The topological polar surface area (TPSA) is 51.0 Å². The van der Waals surface area contributed by atoms with Crippen molar-refractivity contribution in [2.75, 3.05) is 6.54 Å². The Hall–Kier alpha value is -1.88. The summed E-state index contributed by atoms with van der Waals surface area (Å²) in [6.45, 7) is 4.08. The van der Waals surface area contributed by atoms with Crippen LogP contribution in [0.5, 0.6) is 0 Å². The predicted molar refractivity (Wildman–Crippen MR) is 80.2 cm³/mol.